The Morgan fingerprint density at radius 2 is 1.96 bits per heavy atom. The predicted octanol–water partition coefficient (Wildman–Crippen LogP) is 1.98. The lowest BCUT2D eigenvalue weighted by Gasteiger charge is -2.15. The van der Waals surface area contributed by atoms with Crippen molar-refractivity contribution in [1.82, 2.24) is 14.6 Å². The molecular formula is C18H21N3O4S. The molecule has 1 N–H and O–H groups in total. The quantitative estimate of drug-likeness (QED) is 0.863. The zero-order valence-corrected chi connectivity index (χ0v) is 15.3. The molecule has 1 saturated heterocycles. The van der Waals surface area contributed by atoms with E-state index in [4.69, 9.17) is 4.42 Å². The third-order valence-corrected chi connectivity index (χ3v) is 6.81. The van der Waals surface area contributed by atoms with Crippen LogP contribution in [0.3, 0.4) is 0 Å². The van der Waals surface area contributed by atoms with E-state index in [-0.39, 0.29) is 18.4 Å². The fraction of sp³-hybridized carbons (Fsp3) is 0.444. The second-order valence-electron chi connectivity index (χ2n) is 6.78. The lowest BCUT2D eigenvalue weighted by atomic mass is 10.2. The summed E-state index contributed by atoms with van der Waals surface area (Å²) in [5.74, 6) is 1.06. The maximum Gasteiger partial charge on any atom is 0.276 e. The smallest absolute Gasteiger partial charge is 0.276 e. The maximum atomic E-state index is 13.0. The molecule has 8 heteroatoms. The number of oxazole rings is 1. The van der Waals surface area contributed by atoms with E-state index in [0.29, 0.717) is 30.3 Å². The van der Waals surface area contributed by atoms with Gasteiger partial charge in [0.25, 0.3) is 5.91 Å². The van der Waals surface area contributed by atoms with Crippen LogP contribution < -0.4 is 4.72 Å². The Kier molecular flexibility index (Phi) is 4.32. The van der Waals surface area contributed by atoms with Crippen molar-refractivity contribution in [2.75, 3.05) is 20.1 Å². The van der Waals surface area contributed by atoms with E-state index in [1.807, 2.05) is 30.3 Å². The first-order chi connectivity index (χ1) is 12.5. The third-order valence-electron chi connectivity index (χ3n) is 4.98. The molecule has 0 radical (unpaired) electrons. The minimum absolute atomic E-state index is 0.180. The van der Waals surface area contributed by atoms with E-state index in [2.05, 4.69) is 9.71 Å². The fourth-order valence-corrected chi connectivity index (χ4v) is 4.42. The van der Waals surface area contributed by atoms with Gasteiger partial charge in [-0.15, -0.1) is 0 Å². The van der Waals surface area contributed by atoms with Gasteiger partial charge < -0.3 is 9.32 Å². The molecular weight excluding hydrogens is 354 g/mol. The number of hydrogen-bond acceptors (Lipinski definition) is 5. The average Bonchev–Trinajstić information content (AvgIpc) is 3.21. The van der Waals surface area contributed by atoms with Crippen molar-refractivity contribution in [3.05, 3.63) is 41.8 Å². The highest BCUT2D eigenvalue weighted by atomic mass is 32.2. The van der Waals surface area contributed by atoms with Crippen LogP contribution >= 0.6 is 0 Å². The minimum atomic E-state index is -3.39. The van der Waals surface area contributed by atoms with Crippen LogP contribution in [0.15, 0.2) is 34.7 Å². The molecule has 1 atom stereocenters. The van der Waals surface area contributed by atoms with Crippen molar-refractivity contribution in [3.8, 4) is 11.5 Å². The van der Waals surface area contributed by atoms with Gasteiger partial charge in [-0.3, -0.25) is 4.79 Å². The highest BCUT2D eigenvalue weighted by Gasteiger charge is 2.39. The summed E-state index contributed by atoms with van der Waals surface area (Å²) in [5.41, 5.74) is 1.15. The fourth-order valence-electron chi connectivity index (χ4n) is 3.29. The second-order valence-corrected chi connectivity index (χ2v) is 8.95. The molecule has 138 valence electrons. The monoisotopic (exact) mass is 375 g/mol. The van der Waals surface area contributed by atoms with E-state index >= 15 is 0 Å². The van der Waals surface area contributed by atoms with Crippen LogP contribution in [-0.4, -0.2) is 49.6 Å². The molecule has 4 rings (SSSR count). The SMILES string of the molecule is CNS(=O)(=O)C1CCN(C(=O)c2nc(-c3ccccc3)oc2C2CC2)C1. The van der Waals surface area contributed by atoms with Gasteiger partial charge >= 0.3 is 0 Å². The average molecular weight is 375 g/mol. The van der Waals surface area contributed by atoms with Crippen LogP contribution in [0.5, 0.6) is 0 Å². The number of carbonyl (C=O) groups is 1. The summed E-state index contributed by atoms with van der Waals surface area (Å²) in [6.45, 7) is 0.585. The molecule has 2 aromatic rings. The summed E-state index contributed by atoms with van der Waals surface area (Å²) in [6, 6.07) is 9.48. The molecule has 1 amide bonds. The summed E-state index contributed by atoms with van der Waals surface area (Å²) < 4.78 is 32.3. The molecule has 2 aliphatic rings. The van der Waals surface area contributed by atoms with Crippen LogP contribution in [0.2, 0.25) is 0 Å². The highest BCUT2D eigenvalue weighted by molar-refractivity contribution is 7.90. The van der Waals surface area contributed by atoms with Crippen molar-refractivity contribution >= 4 is 15.9 Å². The molecule has 2 fully saturated rings. The normalized spacial score (nSPS) is 20.5. The number of nitrogens with one attached hydrogen (secondary N) is 1. The number of amides is 1. The Balaban J connectivity index is 1.61. The number of benzene rings is 1. The first-order valence-corrected chi connectivity index (χ1v) is 10.3. The summed E-state index contributed by atoms with van der Waals surface area (Å²) in [4.78, 5) is 19.0. The molecule has 2 heterocycles. The number of likely N-dealkylation sites (tertiary alicyclic amines) is 1. The predicted molar refractivity (Wildman–Crippen MR) is 96.2 cm³/mol. The maximum absolute atomic E-state index is 13.0. The zero-order chi connectivity index (χ0) is 18.3. The Morgan fingerprint density at radius 1 is 1.23 bits per heavy atom. The van der Waals surface area contributed by atoms with Gasteiger partial charge in [-0.05, 0) is 38.4 Å². The molecule has 7 nitrogen and oxygen atoms in total. The molecule has 26 heavy (non-hydrogen) atoms. The number of rotatable bonds is 5. The van der Waals surface area contributed by atoms with Gasteiger partial charge in [0.1, 0.15) is 5.76 Å². The number of hydrogen-bond donors (Lipinski definition) is 1. The van der Waals surface area contributed by atoms with Crippen LogP contribution in [0.1, 0.15) is 41.4 Å². The molecule has 0 bridgehead atoms. The van der Waals surface area contributed by atoms with Crippen molar-refractivity contribution in [1.29, 1.82) is 0 Å². The first-order valence-electron chi connectivity index (χ1n) is 8.77. The van der Waals surface area contributed by atoms with Crippen LogP contribution in [-0.2, 0) is 10.0 Å². The number of sulfonamides is 1. The lowest BCUT2D eigenvalue weighted by molar-refractivity contribution is 0.0785. The third kappa shape index (κ3) is 3.14. The molecule has 1 aromatic heterocycles. The summed E-state index contributed by atoms with van der Waals surface area (Å²) in [5, 5.41) is -0.582. The second kappa shape index (κ2) is 6.51. The first kappa shape index (κ1) is 17.2. The Morgan fingerprint density at radius 3 is 2.62 bits per heavy atom. The van der Waals surface area contributed by atoms with E-state index < -0.39 is 15.3 Å². The Bertz CT molecular complexity index is 919. The number of aromatic nitrogens is 1. The summed E-state index contributed by atoms with van der Waals surface area (Å²) in [6.07, 6.45) is 2.40. The van der Waals surface area contributed by atoms with E-state index in [0.717, 1.165) is 18.4 Å². The number of nitrogens with zero attached hydrogens (tertiary/aromatic N) is 2. The van der Waals surface area contributed by atoms with Gasteiger partial charge in [0.05, 0.1) is 5.25 Å². The standard InChI is InChI=1S/C18H21N3O4S/c1-19-26(23,24)14-9-10-21(11-14)18(22)15-16(12-7-8-12)25-17(20-15)13-5-3-2-4-6-13/h2-6,12,14,19H,7-11H2,1H3. The van der Waals surface area contributed by atoms with Gasteiger partial charge in [-0.25, -0.2) is 18.1 Å². The van der Waals surface area contributed by atoms with Crippen LogP contribution in [0, 0.1) is 0 Å². The molecule has 1 aromatic carbocycles. The van der Waals surface area contributed by atoms with Crippen LogP contribution in [0.4, 0.5) is 0 Å². The summed E-state index contributed by atoms with van der Waals surface area (Å²) in [7, 11) is -1.99. The Hall–Kier alpha value is -2.19. The Labute approximate surface area is 152 Å². The van der Waals surface area contributed by atoms with E-state index in [1.165, 1.54) is 7.05 Å². The van der Waals surface area contributed by atoms with Crippen molar-refractivity contribution < 1.29 is 17.6 Å². The molecule has 1 unspecified atom stereocenters. The van der Waals surface area contributed by atoms with Gasteiger partial charge in [-0.1, -0.05) is 18.2 Å². The van der Waals surface area contributed by atoms with Crippen molar-refractivity contribution in [2.24, 2.45) is 0 Å². The van der Waals surface area contributed by atoms with Gasteiger partial charge in [0.2, 0.25) is 15.9 Å². The lowest BCUT2D eigenvalue weighted by Crippen LogP contribution is -2.36. The van der Waals surface area contributed by atoms with Gasteiger partial charge in [0, 0.05) is 24.6 Å². The molecule has 1 aliphatic heterocycles. The van der Waals surface area contributed by atoms with Gasteiger partial charge in [-0.2, -0.15) is 0 Å². The zero-order valence-electron chi connectivity index (χ0n) is 14.5. The van der Waals surface area contributed by atoms with E-state index in [1.54, 1.807) is 4.90 Å². The topological polar surface area (TPSA) is 92.5 Å². The molecule has 0 spiro atoms. The molecule has 1 aliphatic carbocycles. The molecule has 1 saturated carbocycles. The summed E-state index contributed by atoms with van der Waals surface area (Å²) >= 11 is 0. The van der Waals surface area contributed by atoms with E-state index in [9.17, 15) is 13.2 Å². The number of carbonyl (C=O) groups excluding carboxylic acids is 1. The minimum Gasteiger partial charge on any atom is -0.440 e. The van der Waals surface area contributed by atoms with Gasteiger partial charge in [0.15, 0.2) is 5.69 Å². The van der Waals surface area contributed by atoms with Crippen molar-refractivity contribution in [2.45, 2.75) is 30.4 Å². The van der Waals surface area contributed by atoms with Crippen molar-refractivity contribution in [3.63, 3.8) is 0 Å². The van der Waals surface area contributed by atoms with Crippen LogP contribution in [0.25, 0.3) is 11.5 Å². The largest absolute Gasteiger partial charge is 0.440 e. The highest BCUT2D eigenvalue weighted by Crippen LogP contribution is 2.43.